The van der Waals surface area contributed by atoms with Crippen molar-refractivity contribution in [1.82, 2.24) is 15.1 Å². The van der Waals surface area contributed by atoms with E-state index in [-0.39, 0.29) is 6.04 Å². The smallest absolute Gasteiger partial charge is 0.139 e. The van der Waals surface area contributed by atoms with Crippen LogP contribution in [0.3, 0.4) is 0 Å². The third-order valence-corrected chi connectivity index (χ3v) is 3.17. The molecule has 0 spiro atoms. The van der Waals surface area contributed by atoms with Gasteiger partial charge >= 0.3 is 0 Å². The zero-order chi connectivity index (χ0) is 14.0. The van der Waals surface area contributed by atoms with E-state index in [2.05, 4.69) is 41.2 Å². The summed E-state index contributed by atoms with van der Waals surface area (Å²) in [6, 6.07) is 2.08. The van der Waals surface area contributed by atoms with Gasteiger partial charge in [-0.1, -0.05) is 19.0 Å². The molecule has 0 aliphatic carbocycles. The molecule has 0 radical (unpaired) electrons. The molecule has 0 aromatic carbocycles. The van der Waals surface area contributed by atoms with E-state index in [9.17, 15) is 0 Å². The number of rotatable bonds is 4. The first kappa shape index (κ1) is 13.5. The molecule has 0 aliphatic heterocycles. The Morgan fingerprint density at radius 3 is 2.47 bits per heavy atom. The van der Waals surface area contributed by atoms with E-state index < -0.39 is 0 Å². The SMILES string of the molecule is Cc1noc(C)c1C(C)Nc1cc(C(C)C)ncn1. The lowest BCUT2D eigenvalue weighted by Gasteiger charge is -2.15. The summed E-state index contributed by atoms with van der Waals surface area (Å²) in [5.41, 5.74) is 3.03. The highest BCUT2D eigenvalue weighted by Crippen LogP contribution is 2.24. The second-order valence-electron chi connectivity index (χ2n) is 5.09. The first-order chi connectivity index (χ1) is 8.99. The molecule has 2 aromatic heterocycles. The number of nitrogens with zero attached hydrogens (tertiary/aromatic N) is 3. The van der Waals surface area contributed by atoms with Crippen LogP contribution in [0.25, 0.3) is 0 Å². The van der Waals surface area contributed by atoms with Gasteiger partial charge in [0.2, 0.25) is 0 Å². The Bertz CT molecular complexity index is 543. The number of hydrogen-bond acceptors (Lipinski definition) is 5. The van der Waals surface area contributed by atoms with E-state index in [0.29, 0.717) is 5.92 Å². The van der Waals surface area contributed by atoms with Gasteiger partial charge in [0.05, 0.1) is 11.7 Å². The molecule has 0 saturated carbocycles. The number of aryl methyl sites for hydroxylation is 2. The van der Waals surface area contributed by atoms with Crippen LogP contribution >= 0.6 is 0 Å². The predicted molar refractivity (Wildman–Crippen MR) is 74.1 cm³/mol. The minimum Gasteiger partial charge on any atom is -0.363 e. The van der Waals surface area contributed by atoms with Gasteiger partial charge in [-0.2, -0.15) is 0 Å². The number of aromatic nitrogens is 3. The first-order valence-corrected chi connectivity index (χ1v) is 6.50. The van der Waals surface area contributed by atoms with E-state index in [0.717, 1.165) is 28.5 Å². The van der Waals surface area contributed by atoms with Crippen molar-refractivity contribution in [2.24, 2.45) is 0 Å². The monoisotopic (exact) mass is 260 g/mol. The molecule has 19 heavy (non-hydrogen) atoms. The highest BCUT2D eigenvalue weighted by Gasteiger charge is 2.16. The van der Waals surface area contributed by atoms with Gasteiger partial charge < -0.3 is 9.84 Å². The Balaban J connectivity index is 2.19. The van der Waals surface area contributed by atoms with Crippen molar-refractivity contribution in [3.8, 4) is 0 Å². The van der Waals surface area contributed by atoms with Crippen LogP contribution in [0, 0.1) is 13.8 Å². The van der Waals surface area contributed by atoms with Crippen molar-refractivity contribution in [3.63, 3.8) is 0 Å². The van der Waals surface area contributed by atoms with E-state index >= 15 is 0 Å². The Hall–Kier alpha value is -1.91. The molecule has 0 bridgehead atoms. The van der Waals surface area contributed by atoms with Gasteiger partial charge in [-0.25, -0.2) is 9.97 Å². The van der Waals surface area contributed by atoms with Gasteiger partial charge in [-0.3, -0.25) is 0 Å². The summed E-state index contributed by atoms with van der Waals surface area (Å²) >= 11 is 0. The molecule has 2 heterocycles. The zero-order valence-electron chi connectivity index (χ0n) is 12.1. The van der Waals surface area contributed by atoms with Crippen molar-refractivity contribution in [3.05, 3.63) is 35.1 Å². The number of nitrogens with one attached hydrogen (secondary N) is 1. The number of anilines is 1. The van der Waals surface area contributed by atoms with Crippen molar-refractivity contribution < 1.29 is 4.52 Å². The zero-order valence-corrected chi connectivity index (χ0v) is 12.1. The van der Waals surface area contributed by atoms with E-state index in [1.807, 2.05) is 19.9 Å². The van der Waals surface area contributed by atoms with Crippen LogP contribution in [-0.4, -0.2) is 15.1 Å². The summed E-state index contributed by atoms with van der Waals surface area (Å²) in [6.07, 6.45) is 1.59. The summed E-state index contributed by atoms with van der Waals surface area (Å²) in [4.78, 5) is 8.52. The molecule has 1 unspecified atom stereocenters. The third-order valence-electron chi connectivity index (χ3n) is 3.17. The van der Waals surface area contributed by atoms with E-state index in [1.54, 1.807) is 6.33 Å². The van der Waals surface area contributed by atoms with E-state index in [4.69, 9.17) is 4.52 Å². The number of hydrogen-bond donors (Lipinski definition) is 1. The second-order valence-corrected chi connectivity index (χ2v) is 5.09. The highest BCUT2D eigenvalue weighted by molar-refractivity contribution is 5.40. The molecule has 2 aromatic rings. The Morgan fingerprint density at radius 1 is 1.16 bits per heavy atom. The maximum atomic E-state index is 5.19. The van der Waals surface area contributed by atoms with Crippen molar-refractivity contribution in [2.45, 2.75) is 46.6 Å². The molecule has 0 saturated heterocycles. The topological polar surface area (TPSA) is 63.8 Å². The van der Waals surface area contributed by atoms with Crippen molar-refractivity contribution >= 4 is 5.82 Å². The summed E-state index contributed by atoms with van der Waals surface area (Å²) < 4.78 is 5.19. The van der Waals surface area contributed by atoms with Gasteiger partial charge in [0, 0.05) is 17.3 Å². The van der Waals surface area contributed by atoms with Crippen LogP contribution in [0.15, 0.2) is 16.9 Å². The lowest BCUT2D eigenvalue weighted by atomic mass is 10.1. The quantitative estimate of drug-likeness (QED) is 0.913. The molecule has 2 rings (SSSR count). The molecule has 1 N–H and O–H groups in total. The Morgan fingerprint density at radius 2 is 1.89 bits per heavy atom. The molecule has 0 aliphatic rings. The summed E-state index contributed by atoms with van der Waals surface area (Å²) in [5.74, 6) is 2.06. The van der Waals surface area contributed by atoms with Gasteiger partial charge in [-0.15, -0.1) is 0 Å². The molecule has 1 atom stereocenters. The maximum absolute atomic E-state index is 5.19. The molecule has 0 fully saturated rings. The van der Waals surface area contributed by atoms with Gasteiger partial charge in [-0.05, 0) is 26.7 Å². The van der Waals surface area contributed by atoms with Crippen LogP contribution in [-0.2, 0) is 0 Å². The fraction of sp³-hybridized carbons (Fsp3) is 0.500. The van der Waals surface area contributed by atoms with Crippen LogP contribution in [0.5, 0.6) is 0 Å². The fourth-order valence-electron chi connectivity index (χ4n) is 2.17. The molecule has 0 amide bonds. The molecular weight excluding hydrogens is 240 g/mol. The summed E-state index contributed by atoms with van der Waals surface area (Å²) in [7, 11) is 0. The van der Waals surface area contributed by atoms with Crippen LogP contribution in [0.4, 0.5) is 5.82 Å². The lowest BCUT2D eigenvalue weighted by Crippen LogP contribution is -2.10. The summed E-state index contributed by atoms with van der Waals surface area (Å²) in [5, 5.41) is 7.35. The minimum atomic E-state index is 0.0983. The van der Waals surface area contributed by atoms with Crippen molar-refractivity contribution in [2.75, 3.05) is 5.32 Å². The first-order valence-electron chi connectivity index (χ1n) is 6.50. The second kappa shape index (κ2) is 5.38. The molecule has 5 heteroatoms. The average molecular weight is 260 g/mol. The lowest BCUT2D eigenvalue weighted by molar-refractivity contribution is 0.392. The normalized spacial score (nSPS) is 12.7. The summed E-state index contributed by atoms with van der Waals surface area (Å²) in [6.45, 7) is 10.2. The minimum absolute atomic E-state index is 0.0983. The molecule has 102 valence electrons. The maximum Gasteiger partial charge on any atom is 0.139 e. The van der Waals surface area contributed by atoms with Gasteiger partial charge in [0.1, 0.15) is 17.9 Å². The third kappa shape index (κ3) is 2.92. The van der Waals surface area contributed by atoms with Crippen molar-refractivity contribution in [1.29, 1.82) is 0 Å². The molecule has 5 nitrogen and oxygen atoms in total. The van der Waals surface area contributed by atoms with Crippen LogP contribution in [0.2, 0.25) is 0 Å². The average Bonchev–Trinajstić information content (AvgIpc) is 2.69. The van der Waals surface area contributed by atoms with Crippen LogP contribution in [0.1, 0.15) is 55.4 Å². The Kier molecular flexibility index (Phi) is 3.83. The Labute approximate surface area is 113 Å². The van der Waals surface area contributed by atoms with Crippen LogP contribution < -0.4 is 5.32 Å². The van der Waals surface area contributed by atoms with E-state index in [1.165, 1.54) is 0 Å². The largest absolute Gasteiger partial charge is 0.363 e. The van der Waals surface area contributed by atoms with Gasteiger partial charge in [0.25, 0.3) is 0 Å². The predicted octanol–water partition coefficient (Wildman–Crippen LogP) is 3.38. The standard InChI is InChI=1S/C14H20N4O/c1-8(2)12-6-13(16-7-15-12)17-9(3)14-10(4)18-19-11(14)5/h6-9H,1-5H3,(H,15,16,17). The molecular formula is C14H20N4O. The fourth-order valence-corrected chi connectivity index (χ4v) is 2.17. The van der Waals surface area contributed by atoms with Gasteiger partial charge in [0.15, 0.2) is 0 Å². The highest BCUT2D eigenvalue weighted by atomic mass is 16.5.